The van der Waals surface area contributed by atoms with E-state index in [1.807, 2.05) is 0 Å². The number of nitrogens with two attached hydrogens (primary N) is 1. The lowest BCUT2D eigenvalue weighted by Crippen LogP contribution is -2.24. The maximum absolute atomic E-state index is 6.16. The molecule has 0 radical (unpaired) electrons. The highest BCUT2D eigenvalue weighted by Crippen LogP contribution is 2.40. The molecule has 2 N–H and O–H groups in total. The van der Waals surface area contributed by atoms with Crippen molar-refractivity contribution in [2.24, 2.45) is 5.73 Å². The molecule has 4 heteroatoms. The zero-order chi connectivity index (χ0) is 11.8. The van der Waals surface area contributed by atoms with Crippen LogP contribution in [0.3, 0.4) is 0 Å². The molecule has 0 aromatic heterocycles. The van der Waals surface area contributed by atoms with Crippen molar-refractivity contribution in [2.75, 3.05) is 12.5 Å². The molecule has 1 saturated carbocycles. The highest BCUT2D eigenvalue weighted by Gasteiger charge is 2.38. The van der Waals surface area contributed by atoms with E-state index in [0.29, 0.717) is 0 Å². The first-order valence-corrected chi connectivity index (χ1v) is 8.51. The Balaban J connectivity index is 2.30. The van der Waals surface area contributed by atoms with E-state index in [2.05, 4.69) is 40.6 Å². The van der Waals surface area contributed by atoms with E-state index >= 15 is 0 Å². The van der Waals surface area contributed by atoms with Gasteiger partial charge in [-0.25, -0.2) is 0 Å². The molecule has 0 heterocycles. The molecule has 88 valence electrons. The van der Waals surface area contributed by atoms with Crippen LogP contribution in [0.4, 0.5) is 0 Å². The fourth-order valence-electron chi connectivity index (χ4n) is 1.82. The number of benzene rings is 1. The van der Waals surface area contributed by atoms with Crippen LogP contribution in [0.1, 0.15) is 18.4 Å². The first-order chi connectivity index (χ1) is 7.58. The zero-order valence-corrected chi connectivity index (χ0v) is 12.8. The van der Waals surface area contributed by atoms with Gasteiger partial charge in [0.2, 0.25) is 0 Å². The lowest BCUT2D eigenvalue weighted by atomic mass is 10.1. The van der Waals surface area contributed by atoms with Crippen LogP contribution in [-0.2, 0) is 6.42 Å². The second-order valence-electron chi connectivity index (χ2n) is 4.35. The van der Waals surface area contributed by atoms with Gasteiger partial charge in [-0.1, -0.05) is 0 Å². The minimum Gasteiger partial charge on any atom is -0.325 e. The fourth-order valence-corrected chi connectivity index (χ4v) is 4.52. The maximum atomic E-state index is 6.16. The summed E-state index contributed by atoms with van der Waals surface area (Å²) in [4.78, 5) is 2.68. The summed E-state index contributed by atoms with van der Waals surface area (Å²) in [7, 11) is 0. The molecule has 1 aliphatic rings. The Bertz CT molecular complexity index is 402. The Hall–Kier alpha value is 0.360. The van der Waals surface area contributed by atoms with Gasteiger partial charge in [0.25, 0.3) is 0 Å². The first kappa shape index (κ1) is 12.8. The molecule has 0 saturated heterocycles. The van der Waals surface area contributed by atoms with Gasteiger partial charge < -0.3 is 5.73 Å². The van der Waals surface area contributed by atoms with Gasteiger partial charge in [0.1, 0.15) is 0 Å². The lowest BCUT2D eigenvalue weighted by molar-refractivity contribution is 0.670. The Morgan fingerprint density at radius 2 is 2.00 bits per heavy atom. The maximum Gasteiger partial charge on any atom is 0.0348 e. The van der Waals surface area contributed by atoms with Crippen LogP contribution in [-0.4, -0.2) is 18.1 Å². The Labute approximate surface area is 114 Å². The third kappa shape index (κ3) is 2.78. The third-order valence-electron chi connectivity index (χ3n) is 2.94. The van der Waals surface area contributed by atoms with E-state index in [1.165, 1.54) is 32.7 Å². The van der Waals surface area contributed by atoms with Gasteiger partial charge in [-0.3, -0.25) is 0 Å². The predicted molar refractivity (Wildman–Crippen MR) is 77.6 cm³/mol. The third-order valence-corrected chi connectivity index (χ3v) is 5.57. The monoisotopic (exact) mass is 317 g/mol. The van der Waals surface area contributed by atoms with Crippen LogP contribution in [0.15, 0.2) is 26.4 Å². The molecular formula is C12H16BrNS2. The molecule has 2 rings (SSSR count). The van der Waals surface area contributed by atoms with E-state index in [0.717, 1.165) is 6.42 Å². The summed E-state index contributed by atoms with van der Waals surface area (Å²) in [5, 5.41) is 0. The highest BCUT2D eigenvalue weighted by atomic mass is 79.9. The summed E-state index contributed by atoms with van der Waals surface area (Å²) in [6.45, 7) is 0. The highest BCUT2D eigenvalue weighted by molar-refractivity contribution is 9.10. The summed E-state index contributed by atoms with van der Waals surface area (Å²) < 4.78 is 1.20. The van der Waals surface area contributed by atoms with Crippen LogP contribution in [0.5, 0.6) is 0 Å². The molecule has 1 fully saturated rings. The average molecular weight is 318 g/mol. The van der Waals surface area contributed by atoms with Gasteiger partial charge >= 0.3 is 0 Å². The van der Waals surface area contributed by atoms with E-state index in [4.69, 9.17) is 5.73 Å². The van der Waals surface area contributed by atoms with Gasteiger partial charge in [-0.15, -0.1) is 23.5 Å². The topological polar surface area (TPSA) is 26.0 Å². The van der Waals surface area contributed by atoms with Crippen molar-refractivity contribution in [1.82, 2.24) is 0 Å². The van der Waals surface area contributed by atoms with Crippen molar-refractivity contribution >= 4 is 39.5 Å². The standard InChI is InChI=1S/C12H16BrNS2/c1-15-10-6-8(7-12(14)3-4-12)5-9(13)11(10)16-2/h5-6H,3-4,7,14H2,1-2H3. The summed E-state index contributed by atoms with van der Waals surface area (Å²) in [6.07, 6.45) is 7.59. The van der Waals surface area contributed by atoms with Gasteiger partial charge in [0, 0.05) is 19.8 Å². The Morgan fingerprint density at radius 1 is 1.31 bits per heavy atom. The minimum atomic E-state index is 0.0932. The van der Waals surface area contributed by atoms with Crippen molar-refractivity contribution in [3.63, 3.8) is 0 Å². The fraction of sp³-hybridized carbons (Fsp3) is 0.500. The molecule has 16 heavy (non-hydrogen) atoms. The molecule has 0 atom stereocenters. The van der Waals surface area contributed by atoms with Crippen molar-refractivity contribution in [3.8, 4) is 0 Å². The Kier molecular flexibility index (Phi) is 3.94. The van der Waals surface area contributed by atoms with Gasteiger partial charge in [0.15, 0.2) is 0 Å². The molecule has 0 unspecified atom stereocenters. The van der Waals surface area contributed by atoms with E-state index in [-0.39, 0.29) is 5.54 Å². The molecular weight excluding hydrogens is 302 g/mol. The lowest BCUT2D eigenvalue weighted by Gasteiger charge is -2.13. The number of thioether (sulfide) groups is 2. The minimum absolute atomic E-state index is 0.0932. The zero-order valence-electron chi connectivity index (χ0n) is 9.55. The predicted octanol–water partition coefficient (Wildman–Crippen LogP) is 3.93. The van der Waals surface area contributed by atoms with Crippen LogP contribution in [0.25, 0.3) is 0 Å². The second-order valence-corrected chi connectivity index (χ2v) is 6.87. The Morgan fingerprint density at radius 3 is 2.50 bits per heavy atom. The smallest absolute Gasteiger partial charge is 0.0348 e. The number of rotatable bonds is 4. The van der Waals surface area contributed by atoms with Crippen molar-refractivity contribution in [3.05, 3.63) is 22.2 Å². The SMILES string of the molecule is CSc1cc(CC2(N)CC2)cc(Br)c1SC. The normalized spacial score (nSPS) is 17.5. The van der Waals surface area contributed by atoms with Crippen molar-refractivity contribution in [2.45, 2.75) is 34.6 Å². The summed E-state index contributed by atoms with van der Waals surface area (Å²) >= 11 is 7.24. The molecule has 0 aliphatic heterocycles. The van der Waals surface area contributed by atoms with Gasteiger partial charge in [-0.05, 0) is 65.4 Å². The van der Waals surface area contributed by atoms with Crippen LogP contribution in [0, 0.1) is 0 Å². The molecule has 1 nitrogen and oxygen atoms in total. The molecule has 0 spiro atoms. The number of hydrogen-bond acceptors (Lipinski definition) is 3. The summed E-state index contributed by atoms with van der Waals surface area (Å²) in [5.74, 6) is 0. The van der Waals surface area contributed by atoms with Crippen LogP contribution in [0.2, 0.25) is 0 Å². The van der Waals surface area contributed by atoms with Crippen LogP contribution >= 0.6 is 39.5 Å². The molecule has 1 aromatic rings. The largest absolute Gasteiger partial charge is 0.325 e. The summed E-state index contributed by atoms with van der Waals surface area (Å²) in [5.41, 5.74) is 7.61. The molecule has 0 bridgehead atoms. The van der Waals surface area contributed by atoms with E-state index in [9.17, 15) is 0 Å². The molecule has 1 aliphatic carbocycles. The van der Waals surface area contributed by atoms with E-state index in [1.54, 1.807) is 23.5 Å². The first-order valence-electron chi connectivity index (χ1n) is 5.27. The number of hydrogen-bond donors (Lipinski definition) is 1. The van der Waals surface area contributed by atoms with Crippen molar-refractivity contribution in [1.29, 1.82) is 0 Å². The average Bonchev–Trinajstić information content (AvgIpc) is 2.95. The van der Waals surface area contributed by atoms with Gasteiger partial charge in [-0.2, -0.15) is 0 Å². The van der Waals surface area contributed by atoms with Crippen molar-refractivity contribution < 1.29 is 0 Å². The second kappa shape index (κ2) is 4.92. The van der Waals surface area contributed by atoms with E-state index < -0.39 is 0 Å². The van der Waals surface area contributed by atoms with Crippen LogP contribution < -0.4 is 5.73 Å². The molecule has 0 amide bonds. The molecule has 1 aromatic carbocycles. The summed E-state index contributed by atoms with van der Waals surface area (Å²) in [6, 6.07) is 4.51. The number of halogens is 1. The quantitative estimate of drug-likeness (QED) is 0.852. The van der Waals surface area contributed by atoms with Gasteiger partial charge in [0.05, 0.1) is 0 Å².